The Balaban J connectivity index is 4.67. The number of hydrogen-bond donors (Lipinski definition) is 2. The molecule has 0 heterocycles. The standard InChI is InChI=1S/C6H9NO3/c1-3(6(9)10)5(7)4(2)8/h7H2,1-2H3,(H,9,10)/b5-3+. The second-order valence-electron chi connectivity index (χ2n) is 1.90. The molecule has 0 rings (SSSR count). The van der Waals surface area contributed by atoms with Gasteiger partial charge in [0.25, 0.3) is 0 Å². The summed E-state index contributed by atoms with van der Waals surface area (Å²) in [6, 6.07) is 0. The molecule has 0 aromatic carbocycles. The fraction of sp³-hybridized carbons (Fsp3) is 0.333. The number of carbonyl (C=O) groups excluding carboxylic acids is 1. The van der Waals surface area contributed by atoms with Gasteiger partial charge in [0.1, 0.15) is 0 Å². The number of carbonyl (C=O) groups is 2. The minimum absolute atomic E-state index is 0.104. The van der Waals surface area contributed by atoms with Crippen LogP contribution < -0.4 is 5.73 Å². The maximum absolute atomic E-state index is 10.4. The van der Waals surface area contributed by atoms with Crippen molar-refractivity contribution in [3.8, 4) is 0 Å². The summed E-state index contributed by atoms with van der Waals surface area (Å²) in [5.74, 6) is -1.58. The number of carboxylic acids is 1. The lowest BCUT2D eigenvalue weighted by atomic mass is 10.2. The van der Waals surface area contributed by atoms with Gasteiger partial charge in [-0.1, -0.05) is 0 Å². The van der Waals surface area contributed by atoms with E-state index >= 15 is 0 Å². The first kappa shape index (κ1) is 8.68. The second kappa shape index (κ2) is 3.00. The third-order valence-electron chi connectivity index (χ3n) is 1.10. The molecule has 0 spiro atoms. The Bertz CT molecular complexity index is 183. The van der Waals surface area contributed by atoms with Crippen molar-refractivity contribution in [2.45, 2.75) is 13.8 Å². The SMILES string of the molecule is CC(=O)/C(N)=C(/C)C(=O)O. The van der Waals surface area contributed by atoms with Gasteiger partial charge in [0, 0.05) is 6.92 Å². The van der Waals surface area contributed by atoms with E-state index < -0.39 is 11.8 Å². The van der Waals surface area contributed by atoms with Crippen LogP contribution in [0.3, 0.4) is 0 Å². The van der Waals surface area contributed by atoms with Gasteiger partial charge in [0.2, 0.25) is 0 Å². The molecule has 0 aliphatic carbocycles. The van der Waals surface area contributed by atoms with Gasteiger partial charge < -0.3 is 10.8 Å². The Hall–Kier alpha value is -1.32. The van der Waals surface area contributed by atoms with Gasteiger partial charge in [-0.05, 0) is 6.92 Å². The average Bonchev–Trinajstić information content (AvgIpc) is 1.84. The summed E-state index contributed by atoms with van der Waals surface area (Å²) < 4.78 is 0. The molecule has 0 amide bonds. The van der Waals surface area contributed by atoms with Gasteiger partial charge in [-0.2, -0.15) is 0 Å². The molecule has 0 aromatic rings. The van der Waals surface area contributed by atoms with Crippen LogP contribution in [0.4, 0.5) is 0 Å². The van der Waals surface area contributed by atoms with Crippen molar-refractivity contribution in [2.75, 3.05) is 0 Å². The van der Waals surface area contributed by atoms with Crippen LogP contribution in [0, 0.1) is 0 Å². The quantitative estimate of drug-likeness (QED) is 0.528. The van der Waals surface area contributed by atoms with Crippen LogP contribution in [0.2, 0.25) is 0 Å². The first-order chi connectivity index (χ1) is 4.46. The van der Waals surface area contributed by atoms with E-state index in [1.54, 1.807) is 0 Å². The number of rotatable bonds is 2. The Morgan fingerprint density at radius 1 is 1.30 bits per heavy atom. The first-order valence-corrected chi connectivity index (χ1v) is 2.67. The lowest BCUT2D eigenvalue weighted by molar-refractivity contribution is -0.133. The van der Waals surface area contributed by atoms with E-state index in [1.165, 1.54) is 13.8 Å². The fourth-order valence-corrected chi connectivity index (χ4v) is 0.379. The maximum atomic E-state index is 10.4. The molecule has 56 valence electrons. The predicted molar refractivity (Wildman–Crippen MR) is 35.2 cm³/mol. The number of aliphatic carboxylic acids is 1. The number of allylic oxidation sites excluding steroid dienone is 1. The predicted octanol–water partition coefficient (Wildman–Crippen LogP) is -0.107. The summed E-state index contributed by atoms with van der Waals surface area (Å²) >= 11 is 0. The van der Waals surface area contributed by atoms with Gasteiger partial charge in [0.15, 0.2) is 5.78 Å². The Kier molecular flexibility index (Phi) is 2.61. The molecule has 0 unspecified atom stereocenters. The van der Waals surface area contributed by atoms with E-state index in [1.807, 2.05) is 0 Å². The zero-order chi connectivity index (χ0) is 8.31. The lowest BCUT2D eigenvalue weighted by Crippen LogP contribution is -2.14. The molecule has 3 N–H and O–H groups in total. The van der Waals surface area contributed by atoms with Gasteiger partial charge >= 0.3 is 5.97 Å². The average molecular weight is 143 g/mol. The monoisotopic (exact) mass is 143 g/mol. The van der Waals surface area contributed by atoms with E-state index in [-0.39, 0.29) is 11.3 Å². The van der Waals surface area contributed by atoms with Crippen LogP contribution >= 0.6 is 0 Å². The molecular formula is C6H9NO3. The second-order valence-corrected chi connectivity index (χ2v) is 1.90. The fourth-order valence-electron chi connectivity index (χ4n) is 0.379. The van der Waals surface area contributed by atoms with Crippen molar-refractivity contribution in [3.05, 3.63) is 11.3 Å². The number of carboxylic acid groups (broad SMARTS) is 1. The van der Waals surface area contributed by atoms with Crippen molar-refractivity contribution in [1.29, 1.82) is 0 Å². The Morgan fingerprint density at radius 3 is 1.80 bits per heavy atom. The van der Waals surface area contributed by atoms with Gasteiger partial charge in [-0.3, -0.25) is 4.79 Å². The van der Waals surface area contributed by atoms with Crippen molar-refractivity contribution < 1.29 is 14.7 Å². The van der Waals surface area contributed by atoms with Crippen LogP contribution in [0.15, 0.2) is 11.3 Å². The summed E-state index contributed by atoms with van der Waals surface area (Å²) in [6.07, 6.45) is 0. The van der Waals surface area contributed by atoms with Crippen LogP contribution in [-0.4, -0.2) is 16.9 Å². The molecule has 0 aliphatic heterocycles. The van der Waals surface area contributed by atoms with Crippen molar-refractivity contribution in [2.24, 2.45) is 5.73 Å². The van der Waals surface area contributed by atoms with Crippen LogP contribution in [-0.2, 0) is 9.59 Å². The molecular weight excluding hydrogens is 134 g/mol. The number of ketones is 1. The Morgan fingerprint density at radius 2 is 1.70 bits per heavy atom. The number of nitrogens with two attached hydrogens (primary N) is 1. The largest absolute Gasteiger partial charge is 0.478 e. The first-order valence-electron chi connectivity index (χ1n) is 2.67. The van der Waals surface area contributed by atoms with Crippen LogP contribution in [0.1, 0.15) is 13.8 Å². The van der Waals surface area contributed by atoms with Crippen molar-refractivity contribution in [3.63, 3.8) is 0 Å². The Labute approximate surface area is 58.3 Å². The van der Waals surface area contributed by atoms with E-state index in [2.05, 4.69) is 0 Å². The molecule has 10 heavy (non-hydrogen) atoms. The molecule has 0 saturated heterocycles. The molecule has 0 radical (unpaired) electrons. The van der Waals surface area contributed by atoms with Crippen LogP contribution in [0.25, 0.3) is 0 Å². The molecule has 0 aliphatic rings. The number of Topliss-reactive ketones (excluding diaryl/α,β-unsaturated/α-hetero) is 1. The van der Waals surface area contributed by atoms with Crippen molar-refractivity contribution in [1.82, 2.24) is 0 Å². The van der Waals surface area contributed by atoms with Crippen LogP contribution in [0.5, 0.6) is 0 Å². The molecule has 0 fully saturated rings. The summed E-state index contributed by atoms with van der Waals surface area (Å²) in [7, 11) is 0. The minimum Gasteiger partial charge on any atom is -0.478 e. The van der Waals surface area contributed by atoms with Gasteiger partial charge in [-0.15, -0.1) is 0 Å². The van der Waals surface area contributed by atoms with Gasteiger partial charge in [-0.25, -0.2) is 4.79 Å². The molecule has 0 atom stereocenters. The highest BCUT2D eigenvalue weighted by Gasteiger charge is 2.08. The molecule has 0 aromatic heterocycles. The topological polar surface area (TPSA) is 80.4 Å². The van der Waals surface area contributed by atoms with E-state index in [4.69, 9.17) is 10.8 Å². The van der Waals surface area contributed by atoms with E-state index in [0.717, 1.165) is 0 Å². The molecule has 0 saturated carbocycles. The lowest BCUT2D eigenvalue weighted by Gasteiger charge is -1.96. The molecule has 0 bridgehead atoms. The highest BCUT2D eigenvalue weighted by atomic mass is 16.4. The highest BCUT2D eigenvalue weighted by molar-refractivity contribution is 6.00. The third kappa shape index (κ3) is 1.89. The minimum atomic E-state index is -1.16. The van der Waals surface area contributed by atoms with Crippen molar-refractivity contribution >= 4 is 11.8 Å². The van der Waals surface area contributed by atoms with E-state index in [9.17, 15) is 9.59 Å². The summed E-state index contributed by atoms with van der Waals surface area (Å²) in [6.45, 7) is 2.51. The third-order valence-corrected chi connectivity index (χ3v) is 1.10. The zero-order valence-electron chi connectivity index (χ0n) is 5.84. The molecule has 4 nitrogen and oxygen atoms in total. The number of hydrogen-bond acceptors (Lipinski definition) is 3. The summed E-state index contributed by atoms with van der Waals surface area (Å²) in [5.41, 5.74) is 4.82. The summed E-state index contributed by atoms with van der Waals surface area (Å²) in [4.78, 5) is 20.6. The highest BCUT2D eigenvalue weighted by Crippen LogP contribution is 1.97. The smallest absolute Gasteiger partial charge is 0.333 e. The molecule has 4 heteroatoms. The summed E-state index contributed by atoms with van der Waals surface area (Å²) in [5, 5.41) is 8.31. The van der Waals surface area contributed by atoms with Gasteiger partial charge in [0.05, 0.1) is 11.3 Å². The normalized spacial score (nSPS) is 12.2. The van der Waals surface area contributed by atoms with E-state index in [0.29, 0.717) is 0 Å². The maximum Gasteiger partial charge on any atom is 0.333 e. The zero-order valence-corrected chi connectivity index (χ0v) is 5.84.